The van der Waals surface area contributed by atoms with Crippen LogP contribution in [0.3, 0.4) is 0 Å². The van der Waals surface area contributed by atoms with Gasteiger partial charge in [0.2, 0.25) is 0 Å². The van der Waals surface area contributed by atoms with E-state index in [1.54, 1.807) is 19.2 Å². The van der Waals surface area contributed by atoms with Gasteiger partial charge in [0.1, 0.15) is 4.21 Å². The zero-order valence-electron chi connectivity index (χ0n) is 17.5. The first-order chi connectivity index (χ1) is 14.5. The van der Waals surface area contributed by atoms with Crippen molar-refractivity contribution in [2.24, 2.45) is 9.50 Å². The molecule has 0 saturated heterocycles. The minimum atomic E-state index is -3.46. The number of carbonyl (C=O) groups is 1. The standard InChI is InChI=1S/C22H26F2N2O3S2/c1-22(2,28)12-9-19(30-11-12)31(25,29)26-18(27)10-17-13-5-3-7-15(13)20(21(23)24)16-8-4-6-14(16)17/h9,11,21,28H,3-8,10H2,1-2H3,(H2,25,26,27,29). The van der Waals surface area contributed by atoms with Gasteiger partial charge < -0.3 is 5.11 Å². The molecule has 1 heterocycles. The Bertz CT molecular complexity index is 1140. The molecule has 0 radical (unpaired) electrons. The number of amides is 1. The number of nitrogens with two attached hydrogens (primary N) is 1. The van der Waals surface area contributed by atoms with Crippen LogP contribution in [0.2, 0.25) is 0 Å². The minimum absolute atomic E-state index is 0.0773. The molecule has 2 aliphatic carbocycles. The van der Waals surface area contributed by atoms with Gasteiger partial charge in [-0.1, -0.05) is 0 Å². The van der Waals surface area contributed by atoms with Crippen molar-refractivity contribution in [2.45, 2.75) is 75.0 Å². The van der Waals surface area contributed by atoms with Crippen molar-refractivity contribution in [1.82, 2.24) is 0 Å². The number of hydrogen-bond acceptors (Lipinski definition) is 4. The number of thiophene rings is 1. The Balaban J connectivity index is 1.70. The maximum absolute atomic E-state index is 13.8. The molecule has 1 amide bonds. The fourth-order valence-electron chi connectivity index (χ4n) is 4.76. The molecule has 2 aliphatic rings. The van der Waals surface area contributed by atoms with Crippen LogP contribution in [0.15, 0.2) is 20.0 Å². The second-order valence-electron chi connectivity index (χ2n) is 8.76. The monoisotopic (exact) mass is 468 g/mol. The number of carbonyl (C=O) groups excluding carboxylic acids is 1. The zero-order chi connectivity index (χ0) is 22.6. The van der Waals surface area contributed by atoms with E-state index in [1.165, 1.54) is 6.07 Å². The number of benzene rings is 1. The van der Waals surface area contributed by atoms with Crippen molar-refractivity contribution in [3.8, 4) is 0 Å². The number of fused-ring (bicyclic) bond motifs is 2. The van der Waals surface area contributed by atoms with Gasteiger partial charge in [-0.3, -0.25) is 4.79 Å². The van der Waals surface area contributed by atoms with Crippen LogP contribution in [0.1, 0.15) is 72.1 Å². The second kappa shape index (κ2) is 8.03. The van der Waals surface area contributed by atoms with Crippen molar-refractivity contribution in [3.05, 3.63) is 50.4 Å². The van der Waals surface area contributed by atoms with Crippen LogP contribution in [0.4, 0.5) is 8.78 Å². The average molecular weight is 469 g/mol. The average Bonchev–Trinajstić information content (AvgIpc) is 3.40. The smallest absolute Gasteiger partial charge is 0.264 e. The van der Waals surface area contributed by atoms with E-state index in [2.05, 4.69) is 4.36 Å². The highest BCUT2D eigenvalue weighted by Crippen LogP contribution is 2.43. The van der Waals surface area contributed by atoms with Gasteiger partial charge in [0.15, 0.2) is 9.92 Å². The highest BCUT2D eigenvalue weighted by Gasteiger charge is 2.32. The van der Waals surface area contributed by atoms with E-state index < -0.39 is 27.8 Å². The van der Waals surface area contributed by atoms with Crippen molar-refractivity contribution in [1.29, 1.82) is 0 Å². The molecule has 0 spiro atoms. The van der Waals surface area contributed by atoms with E-state index in [0.29, 0.717) is 42.4 Å². The molecule has 2 aromatic rings. The Kier molecular flexibility index (Phi) is 5.83. The molecule has 1 aromatic heterocycles. The van der Waals surface area contributed by atoms with Crippen molar-refractivity contribution < 1.29 is 22.9 Å². The second-order valence-corrected chi connectivity index (χ2v) is 11.7. The van der Waals surface area contributed by atoms with E-state index >= 15 is 0 Å². The molecule has 5 nitrogen and oxygen atoms in total. The van der Waals surface area contributed by atoms with Gasteiger partial charge in [-0.05, 0) is 97.2 Å². The topological polar surface area (TPSA) is 92.8 Å². The van der Waals surface area contributed by atoms with E-state index in [1.807, 2.05) is 0 Å². The summed E-state index contributed by atoms with van der Waals surface area (Å²) in [6, 6.07) is 1.51. The maximum atomic E-state index is 13.8. The number of alkyl halides is 2. The molecular weight excluding hydrogens is 442 g/mol. The first kappa shape index (κ1) is 22.5. The van der Waals surface area contributed by atoms with Crippen LogP contribution in [0.25, 0.3) is 0 Å². The molecule has 4 rings (SSSR count). The van der Waals surface area contributed by atoms with Gasteiger partial charge in [-0.25, -0.2) is 18.1 Å². The van der Waals surface area contributed by atoms with Gasteiger partial charge >= 0.3 is 0 Å². The summed E-state index contributed by atoms with van der Waals surface area (Å²) in [5, 5.41) is 17.7. The molecule has 1 aromatic carbocycles. The zero-order valence-corrected chi connectivity index (χ0v) is 19.2. The molecule has 0 fully saturated rings. The summed E-state index contributed by atoms with van der Waals surface area (Å²) in [7, 11) is -3.46. The Morgan fingerprint density at radius 2 is 1.74 bits per heavy atom. The predicted molar refractivity (Wildman–Crippen MR) is 117 cm³/mol. The lowest BCUT2D eigenvalue weighted by Crippen LogP contribution is -2.17. The van der Waals surface area contributed by atoms with Gasteiger partial charge in [0.05, 0.1) is 12.0 Å². The van der Waals surface area contributed by atoms with Crippen LogP contribution in [-0.4, -0.2) is 15.2 Å². The van der Waals surface area contributed by atoms with E-state index in [-0.39, 0.29) is 16.2 Å². The molecule has 31 heavy (non-hydrogen) atoms. The Morgan fingerprint density at radius 3 is 2.23 bits per heavy atom. The first-order valence-corrected chi connectivity index (χ1v) is 12.8. The molecule has 1 atom stereocenters. The van der Waals surface area contributed by atoms with Gasteiger partial charge in [0, 0.05) is 5.56 Å². The lowest BCUT2D eigenvalue weighted by atomic mass is 9.87. The molecule has 1 unspecified atom stereocenters. The molecule has 168 valence electrons. The van der Waals surface area contributed by atoms with Crippen molar-refractivity contribution in [3.63, 3.8) is 0 Å². The molecular formula is C22H26F2N2O3S2. The molecule has 0 aliphatic heterocycles. The summed E-state index contributed by atoms with van der Waals surface area (Å²) >= 11 is 1.09. The van der Waals surface area contributed by atoms with Gasteiger partial charge in [-0.15, -0.1) is 15.7 Å². The third kappa shape index (κ3) is 4.20. The highest BCUT2D eigenvalue weighted by molar-refractivity contribution is 7.93. The fraction of sp³-hybridized carbons (Fsp3) is 0.500. The first-order valence-electron chi connectivity index (χ1n) is 10.3. The van der Waals surface area contributed by atoms with Crippen molar-refractivity contribution >= 4 is 27.2 Å². The fourth-order valence-corrected chi connectivity index (χ4v) is 7.11. The van der Waals surface area contributed by atoms with Crippen LogP contribution in [0, 0.1) is 0 Å². The molecule has 0 bridgehead atoms. The summed E-state index contributed by atoms with van der Waals surface area (Å²) in [5.74, 6) is -0.612. The Hall–Kier alpha value is -1.68. The van der Waals surface area contributed by atoms with Crippen LogP contribution in [0.5, 0.6) is 0 Å². The molecule has 9 heteroatoms. The van der Waals surface area contributed by atoms with Crippen LogP contribution in [-0.2, 0) is 52.4 Å². The summed E-state index contributed by atoms with van der Waals surface area (Å²) < 4.78 is 44.6. The van der Waals surface area contributed by atoms with Crippen LogP contribution >= 0.6 is 11.3 Å². The van der Waals surface area contributed by atoms with E-state index in [9.17, 15) is 22.9 Å². The lowest BCUT2D eigenvalue weighted by molar-refractivity contribution is -0.117. The molecule has 0 saturated carbocycles. The third-order valence-electron chi connectivity index (χ3n) is 6.17. The van der Waals surface area contributed by atoms with Crippen LogP contribution < -0.4 is 5.14 Å². The SMILES string of the molecule is CC(C)(O)c1csc(S(N)(=O)=NC(=O)Cc2c3c(c(C(F)F)c4c2CCC4)CCC3)c1. The summed E-state index contributed by atoms with van der Waals surface area (Å²) in [5.41, 5.74) is 3.48. The maximum Gasteiger partial charge on any atom is 0.264 e. The number of halogens is 2. The van der Waals surface area contributed by atoms with Gasteiger partial charge in [-0.2, -0.15) is 0 Å². The molecule has 3 N–H and O–H groups in total. The summed E-state index contributed by atoms with van der Waals surface area (Å²) in [6.07, 6.45) is 1.53. The number of rotatable bonds is 5. The Morgan fingerprint density at radius 1 is 1.19 bits per heavy atom. The highest BCUT2D eigenvalue weighted by atomic mass is 32.2. The third-order valence-corrected chi connectivity index (χ3v) is 9.06. The summed E-state index contributed by atoms with van der Waals surface area (Å²) in [4.78, 5) is 12.8. The van der Waals surface area contributed by atoms with E-state index in [0.717, 1.165) is 40.9 Å². The quantitative estimate of drug-likeness (QED) is 0.683. The predicted octanol–water partition coefficient (Wildman–Crippen LogP) is 4.36. The normalized spacial score (nSPS) is 17.5. The summed E-state index contributed by atoms with van der Waals surface area (Å²) in [6.45, 7) is 3.20. The number of nitrogens with zero attached hydrogens (tertiary/aromatic N) is 1. The van der Waals surface area contributed by atoms with Crippen molar-refractivity contribution in [2.75, 3.05) is 0 Å². The van der Waals surface area contributed by atoms with Gasteiger partial charge in [0.25, 0.3) is 12.3 Å². The van der Waals surface area contributed by atoms with E-state index in [4.69, 9.17) is 5.14 Å². The minimum Gasteiger partial charge on any atom is -0.386 e. The number of hydrogen-bond donors (Lipinski definition) is 2. The largest absolute Gasteiger partial charge is 0.386 e. The number of aliphatic hydroxyl groups is 1. The lowest BCUT2D eigenvalue weighted by Gasteiger charge is -2.19. The Labute approximate surface area is 185 Å².